The van der Waals surface area contributed by atoms with Gasteiger partial charge in [-0.2, -0.15) is 0 Å². The largest absolute Gasteiger partial charge is 0.497 e. The number of methoxy groups -OCH3 is 1. The number of nitrogens with one attached hydrogen (secondary N) is 2. The van der Waals surface area contributed by atoms with E-state index in [-0.39, 0.29) is 17.6 Å². The van der Waals surface area contributed by atoms with Crippen molar-refractivity contribution in [3.63, 3.8) is 0 Å². The van der Waals surface area contributed by atoms with Crippen molar-refractivity contribution >= 4 is 28.9 Å². The number of nitrogens with zero attached hydrogens (tertiary/aromatic N) is 2. The highest BCUT2D eigenvalue weighted by Crippen LogP contribution is 2.35. The SMILES string of the molecule is COc1ccc(NC(=S)N2CCC3(CC2)N[C@@H](CC(C)C)C(=O)N3CC(C)C)cc1. The van der Waals surface area contributed by atoms with Gasteiger partial charge < -0.3 is 19.9 Å². The Morgan fingerprint density at radius 1 is 1.20 bits per heavy atom. The number of piperidine rings is 1. The van der Waals surface area contributed by atoms with Gasteiger partial charge in [0.15, 0.2) is 5.11 Å². The highest BCUT2D eigenvalue weighted by atomic mass is 32.1. The third-order valence-corrected chi connectivity index (χ3v) is 6.36. The number of likely N-dealkylation sites (tertiary alicyclic amines) is 1. The molecule has 6 nitrogen and oxygen atoms in total. The Balaban J connectivity index is 1.64. The zero-order chi connectivity index (χ0) is 21.9. The molecule has 2 fully saturated rings. The number of rotatable bonds is 6. The van der Waals surface area contributed by atoms with E-state index in [9.17, 15) is 4.79 Å². The van der Waals surface area contributed by atoms with Gasteiger partial charge in [0.1, 0.15) is 5.75 Å². The number of benzene rings is 1. The molecule has 30 heavy (non-hydrogen) atoms. The molecule has 1 amide bonds. The fraction of sp³-hybridized carbons (Fsp3) is 0.652. The van der Waals surface area contributed by atoms with E-state index < -0.39 is 0 Å². The standard InChI is InChI=1S/C23H36N4O2S/c1-16(2)14-20-21(28)27(15-17(3)4)23(25-20)10-12-26(13-11-23)22(30)24-18-6-8-19(29-5)9-7-18/h6-9,16-17,20,25H,10-15H2,1-5H3,(H,24,30)/t20-/m0/s1. The van der Waals surface area contributed by atoms with Crippen molar-refractivity contribution in [2.45, 2.75) is 58.7 Å². The van der Waals surface area contributed by atoms with Gasteiger partial charge in [-0.25, -0.2) is 0 Å². The molecule has 1 aromatic carbocycles. The van der Waals surface area contributed by atoms with E-state index in [1.807, 2.05) is 24.3 Å². The molecular weight excluding hydrogens is 396 g/mol. The number of ether oxygens (including phenoxy) is 1. The molecule has 0 aromatic heterocycles. The van der Waals surface area contributed by atoms with Gasteiger partial charge in [0, 0.05) is 38.2 Å². The zero-order valence-corrected chi connectivity index (χ0v) is 19.7. The molecule has 166 valence electrons. The Kier molecular flexibility index (Phi) is 7.24. The average Bonchev–Trinajstić information content (AvgIpc) is 2.93. The topological polar surface area (TPSA) is 56.8 Å². The summed E-state index contributed by atoms with van der Waals surface area (Å²) in [7, 11) is 1.66. The molecule has 2 aliphatic rings. The molecule has 0 saturated carbocycles. The molecule has 2 heterocycles. The monoisotopic (exact) mass is 432 g/mol. The lowest BCUT2D eigenvalue weighted by Gasteiger charge is -2.45. The van der Waals surface area contributed by atoms with Crippen LogP contribution in [-0.2, 0) is 4.79 Å². The minimum absolute atomic E-state index is 0.0697. The van der Waals surface area contributed by atoms with Gasteiger partial charge in [0.05, 0.1) is 18.8 Å². The summed E-state index contributed by atoms with van der Waals surface area (Å²) in [6.07, 6.45) is 2.64. The Labute approximate surface area is 186 Å². The third kappa shape index (κ3) is 5.06. The number of carbonyl (C=O) groups excluding carboxylic acids is 1. The summed E-state index contributed by atoms with van der Waals surface area (Å²) in [5.74, 6) is 2.03. The maximum absolute atomic E-state index is 13.2. The third-order valence-electron chi connectivity index (χ3n) is 6.00. The number of carbonyl (C=O) groups is 1. The van der Waals surface area contributed by atoms with Crippen LogP contribution in [0.5, 0.6) is 5.75 Å². The highest BCUT2D eigenvalue weighted by molar-refractivity contribution is 7.80. The van der Waals surface area contributed by atoms with Crippen LogP contribution in [0.2, 0.25) is 0 Å². The second-order valence-corrected chi connectivity index (χ2v) is 9.73. The van der Waals surface area contributed by atoms with Crippen molar-refractivity contribution in [2.75, 3.05) is 32.1 Å². The first-order chi connectivity index (χ1) is 14.2. The number of thiocarbonyl (C=S) groups is 1. The molecule has 2 saturated heterocycles. The van der Waals surface area contributed by atoms with Crippen molar-refractivity contribution < 1.29 is 9.53 Å². The number of hydrogen-bond donors (Lipinski definition) is 2. The minimum Gasteiger partial charge on any atom is -0.497 e. The Hall–Kier alpha value is -1.86. The Morgan fingerprint density at radius 3 is 2.37 bits per heavy atom. The number of anilines is 1. The summed E-state index contributed by atoms with van der Waals surface area (Å²) >= 11 is 5.67. The van der Waals surface area contributed by atoms with Crippen LogP contribution >= 0.6 is 12.2 Å². The van der Waals surface area contributed by atoms with Crippen molar-refractivity contribution in [1.29, 1.82) is 0 Å². The van der Waals surface area contributed by atoms with Crippen molar-refractivity contribution in [1.82, 2.24) is 15.1 Å². The van der Waals surface area contributed by atoms with Gasteiger partial charge in [0.25, 0.3) is 0 Å². The first kappa shape index (κ1) is 22.8. The molecule has 0 bridgehead atoms. The molecule has 0 aliphatic carbocycles. The van der Waals surface area contributed by atoms with Crippen LogP contribution in [0.1, 0.15) is 47.0 Å². The lowest BCUT2D eigenvalue weighted by molar-refractivity contribution is -0.134. The van der Waals surface area contributed by atoms with Crippen LogP contribution in [0.15, 0.2) is 24.3 Å². The molecular formula is C23H36N4O2S. The van der Waals surface area contributed by atoms with Crippen LogP contribution in [0.4, 0.5) is 5.69 Å². The maximum atomic E-state index is 13.2. The van der Waals surface area contributed by atoms with E-state index in [1.54, 1.807) is 7.11 Å². The quantitative estimate of drug-likeness (QED) is 0.669. The summed E-state index contributed by atoms with van der Waals surface area (Å²) in [6, 6.07) is 7.70. The van der Waals surface area contributed by atoms with Gasteiger partial charge >= 0.3 is 0 Å². The maximum Gasteiger partial charge on any atom is 0.241 e. The second-order valence-electron chi connectivity index (χ2n) is 9.35. The van der Waals surface area contributed by atoms with Gasteiger partial charge in [0.2, 0.25) is 5.91 Å². The average molecular weight is 433 g/mol. The zero-order valence-electron chi connectivity index (χ0n) is 18.9. The smallest absolute Gasteiger partial charge is 0.241 e. The van der Waals surface area contributed by atoms with Crippen LogP contribution in [0.25, 0.3) is 0 Å². The molecule has 0 unspecified atom stereocenters. The van der Waals surface area contributed by atoms with E-state index in [0.717, 1.165) is 55.4 Å². The normalized spacial score (nSPS) is 21.0. The molecule has 3 rings (SSSR count). The predicted molar refractivity (Wildman–Crippen MR) is 126 cm³/mol. The van der Waals surface area contributed by atoms with E-state index in [1.165, 1.54) is 0 Å². The first-order valence-corrected chi connectivity index (χ1v) is 11.4. The van der Waals surface area contributed by atoms with E-state index >= 15 is 0 Å². The fourth-order valence-corrected chi connectivity index (χ4v) is 4.80. The van der Waals surface area contributed by atoms with Crippen LogP contribution in [0, 0.1) is 11.8 Å². The molecule has 0 radical (unpaired) electrons. The predicted octanol–water partition coefficient (Wildman–Crippen LogP) is 3.69. The minimum atomic E-state index is -0.243. The highest BCUT2D eigenvalue weighted by Gasteiger charge is 2.51. The molecule has 2 N–H and O–H groups in total. The summed E-state index contributed by atoms with van der Waals surface area (Å²) in [5.41, 5.74) is 0.710. The fourth-order valence-electron chi connectivity index (χ4n) is 4.49. The van der Waals surface area contributed by atoms with Crippen molar-refractivity contribution in [2.24, 2.45) is 11.8 Å². The second kappa shape index (κ2) is 9.52. The van der Waals surface area contributed by atoms with Crippen LogP contribution in [-0.4, -0.2) is 59.3 Å². The van der Waals surface area contributed by atoms with Gasteiger partial charge in [-0.05, 0) is 54.7 Å². The van der Waals surface area contributed by atoms with E-state index in [4.69, 9.17) is 17.0 Å². The van der Waals surface area contributed by atoms with E-state index in [0.29, 0.717) is 11.8 Å². The Morgan fingerprint density at radius 2 is 1.83 bits per heavy atom. The molecule has 7 heteroatoms. The molecule has 1 spiro atoms. The summed E-state index contributed by atoms with van der Waals surface area (Å²) < 4.78 is 5.21. The summed E-state index contributed by atoms with van der Waals surface area (Å²) in [4.78, 5) is 17.5. The van der Waals surface area contributed by atoms with Gasteiger partial charge in [-0.15, -0.1) is 0 Å². The van der Waals surface area contributed by atoms with Crippen LogP contribution < -0.4 is 15.4 Å². The van der Waals surface area contributed by atoms with Crippen molar-refractivity contribution in [3.8, 4) is 5.75 Å². The van der Waals surface area contributed by atoms with Crippen molar-refractivity contribution in [3.05, 3.63) is 24.3 Å². The van der Waals surface area contributed by atoms with E-state index in [2.05, 4.69) is 48.1 Å². The summed E-state index contributed by atoms with van der Waals surface area (Å²) in [6.45, 7) is 11.2. The number of hydrogen-bond acceptors (Lipinski definition) is 4. The molecule has 1 aromatic rings. The lowest BCUT2D eigenvalue weighted by Crippen LogP contribution is -2.60. The molecule has 1 atom stereocenters. The summed E-state index contributed by atoms with van der Waals surface area (Å²) in [5, 5.41) is 7.80. The molecule has 2 aliphatic heterocycles. The van der Waals surface area contributed by atoms with Gasteiger partial charge in [-0.3, -0.25) is 10.1 Å². The Bertz CT molecular complexity index is 742. The lowest BCUT2D eigenvalue weighted by atomic mass is 9.95. The van der Waals surface area contributed by atoms with Crippen LogP contribution in [0.3, 0.4) is 0 Å². The first-order valence-electron chi connectivity index (χ1n) is 11.0. The van der Waals surface area contributed by atoms with Gasteiger partial charge in [-0.1, -0.05) is 27.7 Å². The number of amides is 1.